The van der Waals surface area contributed by atoms with Gasteiger partial charge in [0, 0.05) is 22.3 Å². The number of rotatable bonds is 2. The number of aliphatic carboxylic acids is 1. The molecular weight excluding hydrogens is 265 g/mol. The van der Waals surface area contributed by atoms with Crippen molar-refractivity contribution in [1.29, 1.82) is 0 Å². The quantitative estimate of drug-likeness (QED) is 0.768. The van der Waals surface area contributed by atoms with Crippen molar-refractivity contribution >= 4 is 32.7 Å². The van der Waals surface area contributed by atoms with Gasteiger partial charge in [-0.1, -0.05) is 22.0 Å². The molecule has 78 valence electrons. The first-order valence-electron chi connectivity index (χ1n) is 4.41. The Bertz CT molecular complexity index is 536. The summed E-state index contributed by atoms with van der Waals surface area (Å²) in [6.07, 6.45) is 3.33. The minimum absolute atomic E-state index is 0. The van der Waals surface area contributed by atoms with Gasteiger partial charge in [0.1, 0.15) is 0 Å². The van der Waals surface area contributed by atoms with E-state index in [2.05, 4.69) is 20.9 Å². The van der Waals surface area contributed by atoms with Crippen LogP contribution in [0.25, 0.3) is 10.8 Å². The summed E-state index contributed by atoms with van der Waals surface area (Å²) in [5.41, 5.74) is 0.737. The van der Waals surface area contributed by atoms with E-state index in [9.17, 15) is 4.79 Å². The molecule has 16 heavy (non-hydrogen) atoms. The molecule has 2 aromatic rings. The number of carboxylic acid groups (broad SMARTS) is 1. The summed E-state index contributed by atoms with van der Waals surface area (Å²) in [6, 6.07) is 5.74. The van der Waals surface area contributed by atoms with Crippen LogP contribution in [0.15, 0.2) is 35.1 Å². The van der Waals surface area contributed by atoms with Crippen LogP contribution in [0.1, 0.15) is 6.99 Å². The molecular formula is C11H9BrLiNO2. The number of hydrogen-bond donors (Lipinski definition) is 1. The summed E-state index contributed by atoms with van der Waals surface area (Å²) in [4.78, 5) is 14.7. The molecule has 0 bridgehead atoms. The number of carbonyl (C=O) groups is 1. The fraction of sp³-hybridized carbons (Fsp3) is 0.0909. The molecule has 5 heteroatoms. The topological polar surface area (TPSA) is 50.2 Å². The molecule has 2 rings (SSSR count). The Labute approximate surface area is 115 Å². The van der Waals surface area contributed by atoms with E-state index in [1.165, 1.54) is 0 Å². The van der Waals surface area contributed by atoms with Crippen molar-refractivity contribution in [3.8, 4) is 0 Å². The Hall–Kier alpha value is -0.823. The van der Waals surface area contributed by atoms with Crippen LogP contribution in [-0.2, 0) is 11.2 Å². The van der Waals surface area contributed by atoms with Crippen LogP contribution in [0.2, 0.25) is 0 Å². The first-order chi connectivity index (χ1) is 7.16. The van der Waals surface area contributed by atoms with Gasteiger partial charge in [0.25, 0.3) is 0 Å². The maximum atomic E-state index is 10.7. The molecule has 0 saturated carbocycles. The first kappa shape index (κ1) is 13.2. The van der Waals surface area contributed by atoms with Gasteiger partial charge in [-0.2, -0.15) is 0 Å². The van der Waals surface area contributed by atoms with Gasteiger partial charge in [-0.25, -0.2) is 0 Å². The number of fused-ring (bicyclic) bond motifs is 1. The van der Waals surface area contributed by atoms with E-state index in [4.69, 9.17) is 5.11 Å². The molecule has 0 aliphatic rings. The van der Waals surface area contributed by atoms with Crippen molar-refractivity contribution in [1.82, 2.24) is 4.98 Å². The summed E-state index contributed by atoms with van der Waals surface area (Å²) < 4.78 is 0.938. The van der Waals surface area contributed by atoms with E-state index in [-0.39, 0.29) is 26.7 Å². The van der Waals surface area contributed by atoms with Crippen molar-refractivity contribution in [2.75, 3.05) is 0 Å². The molecule has 0 atom stereocenters. The molecule has 0 radical (unpaired) electrons. The summed E-state index contributed by atoms with van der Waals surface area (Å²) >= 11 is 3.36. The van der Waals surface area contributed by atoms with E-state index in [1.54, 1.807) is 12.4 Å². The Morgan fingerprint density at radius 3 is 2.88 bits per heavy atom. The third kappa shape index (κ3) is 2.85. The van der Waals surface area contributed by atoms with Gasteiger partial charge in [-0.05, 0) is 23.1 Å². The average molecular weight is 274 g/mol. The van der Waals surface area contributed by atoms with E-state index in [1.807, 2.05) is 18.2 Å². The molecule has 0 unspecified atom stereocenters. The molecule has 1 aromatic heterocycles. The van der Waals surface area contributed by atoms with E-state index in [0.29, 0.717) is 0 Å². The number of pyridine rings is 1. The number of nitrogens with zero attached hydrogens (tertiary/aromatic N) is 1. The monoisotopic (exact) mass is 273 g/mol. The van der Waals surface area contributed by atoms with Crippen LogP contribution >= 0.6 is 15.9 Å². The van der Waals surface area contributed by atoms with Gasteiger partial charge in [0.05, 0.1) is 6.42 Å². The largest absolute Gasteiger partial charge is 1.00 e. The zero-order chi connectivity index (χ0) is 10.8. The molecule has 1 N–H and O–H groups in total. The van der Waals surface area contributed by atoms with E-state index < -0.39 is 5.97 Å². The second-order valence-corrected chi connectivity index (χ2v) is 4.15. The van der Waals surface area contributed by atoms with Crippen LogP contribution in [-0.4, -0.2) is 16.1 Å². The standard InChI is InChI=1S/C11H8BrNO2.Li.H/c12-9-2-1-7-5-13-6-8(3-11(14)15)10(7)4-9;;/h1-2,4-6H,3H2,(H,14,15);;/q;+1;-1. The second-order valence-electron chi connectivity index (χ2n) is 3.23. The van der Waals surface area contributed by atoms with Crippen molar-refractivity contribution in [3.05, 3.63) is 40.6 Å². The van der Waals surface area contributed by atoms with Crippen molar-refractivity contribution < 1.29 is 30.2 Å². The predicted octanol–water partition coefficient (Wildman–Crippen LogP) is -0.259. The minimum atomic E-state index is -0.843. The van der Waals surface area contributed by atoms with Crippen molar-refractivity contribution in [2.45, 2.75) is 6.42 Å². The third-order valence-electron chi connectivity index (χ3n) is 2.15. The van der Waals surface area contributed by atoms with Gasteiger partial charge >= 0.3 is 24.8 Å². The SMILES string of the molecule is O=C(O)Cc1cncc2ccc(Br)cc12.[H-].[Li+]. The van der Waals surface area contributed by atoms with Gasteiger partial charge in [0.15, 0.2) is 0 Å². The molecule has 1 heterocycles. The summed E-state index contributed by atoms with van der Waals surface area (Å²) in [5.74, 6) is -0.843. The van der Waals surface area contributed by atoms with E-state index >= 15 is 0 Å². The zero-order valence-corrected chi connectivity index (χ0v) is 10.4. The normalized spacial score (nSPS) is 9.81. The predicted molar refractivity (Wildman–Crippen MR) is 61.9 cm³/mol. The smallest absolute Gasteiger partial charge is 1.00 e. The Morgan fingerprint density at radius 1 is 1.44 bits per heavy atom. The van der Waals surface area contributed by atoms with Gasteiger partial charge in [0.2, 0.25) is 0 Å². The Morgan fingerprint density at radius 2 is 2.19 bits per heavy atom. The number of halogens is 1. The van der Waals surface area contributed by atoms with Gasteiger partial charge < -0.3 is 6.53 Å². The second kappa shape index (κ2) is 5.49. The van der Waals surface area contributed by atoms with E-state index in [0.717, 1.165) is 20.8 Å². The molecule has 0 saturated heterocycles. The molecule has 0 fully saturated rings. The molecule has 0 aliphatic carbocycles. The summed E-state index contributed by atoms with van der Waals surface area (Å²) in [6.45, 7) is 0. The molecule has 3 nitrogen and oxygen atoms in total. The average Bonchev–Trinajstić information content (AvgIpc) is 2.18. The van der Waals surface area contributed by atoms with Crippen LogP contribution in [0.3, 0.4) is 0 Å². The Kier molecular flexibility index (Phi) is 4.54. The fourth-order valence-electron chi connectivity index (χ4n) is 1.50. The number of hydrogen-bond acceptors (Lipinski definition) is 2. The van der Waals surface area contributed by atoms with Gasteiger partial charge in [-0.15, -0.1) is 0 Å². The zero-order valence-electron chi connectivity index (χ0n) is 9.77. The van der Waals surface area contributed by atoms with Gasteiger partial charge in [-0.3, -0.25) is 9.78 Å². The van der Waals surface area contributed by atoms with Crippen LogP contribution in [0, 0.1) is 0 Å². The summed E-state index contributed by atoms with van der Waals surface area (Å²) in [5, 5.41) is 10.6. The van der Waals surface area contributed by atoms with Crippen LogP contribution in [0.5, 0.6) is 0 Å². The number of carboxylic acids is 1. The van der Waals surface area contributed by atoms with Crippen molar-refractivity contribution in [2.24, 2.45) is 0 Å². The fourth-order valence-corrected chi connectivity index (χ4v) is 1.86. The first-order valence-corrected chi connectivity index (χ1v) is 5.20. The van der Waals surface area contributed by atoms with Crippen LogP contribution < -0.4 is 18.9 Å². The molecule has 0 spiro atoms. The maximum absolute atomic E-state index is 10.7. The number of benzene rings is 1. The van der Waals surface area contributed by atoms with Crippen LogP contribution in [0.4, 0.5) is 0 Å². The molecule has 0 aliphatic heterocycles. The van der Waals surface area contributed by atoms with Crippen molar-refractivity contribution in [3.63, 3.8) is 0 Å². The molecule has 1 aromatic carbocycles. The number of aromatic nitrogens is 1. The maximum Gasteiger partial charge on any atom is 1.00 e. The Balaban J connectivity index is 0.00000128. The summed E-state index contributed by atoms with van der Waals surface area (Å²) in [7, 11) is 0. The minimum Gasteiger partial charge on any atom is -1.00 e. The molecule has 0 amide bonds. The third-order valence-corrected chi connectivity index (χ3v) is 2.64.